The van der Waals surface area contributed by atoms with Crippen molar-refractivity contribution in [3.05, 3.63) is 64.7 Å². The highest BCUT2D eigenvalue weighted by molar-refractivity contribution is 6.31. The normalized spacial score (nSPS) is 11.2. The van der Waals surface area contributed by atoms with Gasteiger partial charge in [-0.05, 0) is 44.5 Å². The average Bonchev–Trinajstić information content (AvgIpc) is 2.41. The minimum Gasteiger partial charge on any atom is -0.325 e. The van der Waals surface area contributed by atoms with Gasteiger partial charge < -0.3 is 5.32 Å². The predicted octanol–water partition coefficient (Wildman–Crippen LogP) is 4.56. The third-order valence-corrected chi connectivity index (χ3v) is 3.75. The number of nitrogens with one attached hydrogen (secondary N) is 1. The summed E-state index contributed by atoms with van der Waals surface area (Å²) >= 11 is 6.20. The van der Waals surface area contributed by atoms with Crippen molar-refractivity contribution < 1.29 is 4.79 Å². The fourth-order valence-electron chi connectivity index (χ4n) is 2.01. The molecule has 0 unspecified atom stereocenters. The molecule has 2 aromatic rings. The molecule has 0 aliphatic rings. The van der Waals surface area contributed by atoms with Crippen LogP contribution in [0.3, 0.4) is 0 Å². The van der Waals surface area contributed by atoms with Crippen LogP contribution in [0.5, 0.6) is 0 Å². The number of benzene rings is 2. The summed E-state index contributed by atoms with van der Waals surface area (Å²) < 4.78 is 0. The first-order valence-corrected chi connectivity index (χ1v) is 6.92. The zero-order chi connectivity index (χ0) is 14.8. The fraction of sp³-hybridized carbons (Fsp3) is 0.235. The van der Waals surface area contributed by atoms with E-state index in [2.05, 4.69) is 5.32 Å². The Labute approximate surface area is 124 Å². The molecule has 0 fully saturated rings. The highest BCUT2D eigenvalue weighted by Gasteiger charge is 2.31. The number of rotatable bonds is 3. The largest absolute Gasteiger partial charge is 0.325 e. The fourth-order valence-corrected chi connectivity index (χ4v) is 2.39. The summed E-state index contributed by atoms with van der Waals surface area (Å²) in [6, 6.07) is 15.2. The van der Waals surface area contributed by atoms with Crippen molar-refractivity contribution in [1.29, 1.82) is 0 Å². The number of anilines is 1. The SMILES string of the molecule is Cc1ccc(NC(=O)C(C)(C)c2ccccc2Cl)cc1. The third kappa shape index (κ3) is 3.02. The lowest BCUT2D eigenvalue weighted by Gasteiger charge is -2.25. The molecule has 2 rings (SSSR count). The molecule has 0 aliphatic carbocycles. The monoisotopic (exact) mass is 287 g/mol. The molecule has 3 heteroatoms. The minimum atomic E-state index is -0.691. The van der Waals surface area contributed by atoms with Crippen LogP contribution in [0.2, 0.25) is 5.02 Å². The Morgan fingerprint density at radius 1 is 1.05 bits per heavy atom. The Kier molecular flexibility index (Phi) is 4.15. The Balaban J connectivity index is 2.23. The van der Waals surface area contributed by atoms with Gasteiger partial charge in [0.1, 0.15) is 0 Å². The average molecular weight is 288 g/mol. The maximum atomic E-state index is 12.5. The summed E-state index contributed by atoms with van der Waals surface area (Å²) in [5.41, 5.74) is 2.09. The summed E-state index contributed by atoms with van der Waals surface area (Å²) in [5.74, 6) is -0.0746. The van der Waals surface area contributed by atoms with Gasteiger partial charge in [-0.1, -0.05) is 47.5 Å². The maximum Gasteiger partial charge on any atom is 0.234 e. The lowest BCUT2D eigenvalue weighted by molar-refractivity contribution is -0.120. The Bertz CT molecular complexity index is 617. The first-order valence-electron chi connectivity index (χ1n) is 6.54. The molecule has 0 heterocycles. The van der Waals surface area contributed by atoms with Gasteiger partial charge >= 0.3 is 0 Å². The molecule has 1 N–H and O–H groups in total. The quantitative estimate of drug-likeness (QED) is 0.880. The van der Waals surface area contributed by atoms with Crippen LogP contribution in [0, 0.1) is 6.92 Å². The molecule has 0 atom stereocenters. The summed E-state index contributed by atoms with van der Waals surface area (Å²) in [6.07, 6.45) is 0. The van der Waals surface area contributed by atoms with Crippen molar-refractivity contribution in [2.24, 2.45) is 0 Å². The standard InChI is InChI=1S/C17H18ClNO/c1-12-8-10-13(11-9-12)19-16(20)17(2,3)14-6-4-5-7-15(14)18/h4-11H,1-3H3,(H,19,20). The van der Waals surface area contributed by atoms with E-state index in [1.54, 1.807) is 6.07 Å². The molecule has 20 heavy (non-hydrogen) atoms. The molecule has 0 bridgehead atoms. The van der Waals surface area contributed by atoms with Crippen LogP contribution in [-0.4, -0.2) is 5.91 Å². The molecule has 0 saturated carbocycles. The molecular weight excluding hydrogens is 270 g/mol. The molecule has 0 aliphatic heterocycles. The minimum absolute atomic E-state index is 0.0746. The van der Waals surface area contributed by atoms with Gasteiger partial charge in [0.25, 0.3) is 0 Å². The zero-order valence-corrected chi connectivity index (χ0v) is 12.7. The van der Waals surface area contributed by atoms with E-state index in [0.29, 0.717) is 5.02 Å². The molecule has 0 aromatic heterocycles. The van der Waals surface area contributed by atoms with Crippen molar-refractivity contribution in [3.63, 3.8) is 0 Å². The number of carbonyl (C=O) groups is 1. The number of hydrogen-bond acceptors (Lipinski definition) is 1. The number of aryl methyl sites for hydroxylation is 1. The van der Waals surface area contributed by atoms with E-state index in [1.165, 1.54) is 0 Å². The summed E-state index contributed by atoms with van der Waals surface area (Å²) in [6.45, 7) is 5.76. The smallest absolute Gasteiger partial charge is 0.234 e. The molecule has 104 valence electrons. The third-order valence-electron chi connectivity index (χ3n) is 3.42. The lowest BCUT2D eigenvalue weighted by Crippen LogP contribution is -2.35. The van der Waals surface area contributed by atoms with E-state index < -0.39 is 5.41 Å². The highest BCUT2D eigenvalue weighted by atomic mass is 35.5. The van der Waals surface area contributed by atoms with Crippen LogP contribution in [-0.2, 0) is 10.2 Å². The maximum absolute atomic E-state index is 12.5. The summed E-state index contributed by atoms with van der Waals surface area (Å²) in [4.78, 5) is 12.5. The van der Waals surface area contributed by atoms with E-state index in [-0.39, 0.29) is 5.91 Å². The van der Waals surface area contributed by atoms with E-state index in [4.69, 9.17) is 11.6 Å². The second-order valence-electron chi connectivity index (χ2n) is 5.42. The molecule has 0 saturated heterocycles. The number of halogens is 1. The zero-order valence-electron chi connectivity index (χ0n) is 11.9. The summed E-state index contributed by atoms with van der Waals surface area (Å²) in [7, 11) is 0. The van der Waals surface area contributed by atoms with Gasteiger partial charge in [0, 0.05) is 10.7 Å². The second kappa shape index (κ2) is 5.68. The number of hydrogen-bond donors (Lipinski definition) is 1. The van der Waals surface area contributed by atoms with E-state index >= 15 is 0 Å². The molecular formula is C17H18ClNO. The van der Waals surface area contributed by atoms with Crippen molar-refractivity contribution >= 4 is 23.2 Å². The Hall–Kier alpha value is -1.80. The lowest BCUT2D eigenvalue weighted by atomic mass is 9.83. The number of amides is 1. The second-order valence-corrected chi connectivity index (χ2v) is 5.83. The Morgan fingerprint density at radius 2 is 1.65 bits per heavy atom. The van der Waals surface area contributed by atoms with Crippen molar-refractivity contribution in [2.45, 2.75) is 26.2 Å². The Morgan fingerprint density at radius 3 is 2.25 bits per heavy atom. The summed E-state index contributed by atoms with van der Waals surface area (Å²) in [5, 5.41) is 3.55. The van der Waals surface area contributed by atoms with Crippen LogP contribution >= 0.6 is 11.6 Å². The number of carbonyl (C=O) groups excluding carboxylic acids is 1. The van der Waals surface area contributed by atoms with Crippen LogP contribution in [0.15, 0.2) is 48.5 Å². The molecule has 2 aromatic carbocycles. The van der Waals surface area contributed by atoms with Gasteiger partial charge in [-0.15, -0.1) is 0 Å². The molecule has 0 spiro atoms. The highest BCUT2D eigenvalue weighted by Crippen LogP contribution is 2.30. The van der Waals surface area contributed by atoms with Gasteiger partial charge in [0.15, 0.2) is 0 Å². The topological polar surface area (TPSA) is 29.1 Å². The van der Waals surface area contributed by atoms with E-state index in [9.17, 15) is 4.79 Å². The molecule has 2 nitrogen and oxygen atoms in total. The van der Waals surface area contributed by atoms with E-state index in [0.717, 1.165) is 16.8 Å². The predicted molar refractivity (Wildman–Crippen MR) is 84.3 cm³/mol. The molecule has 1 amide bonds. The van der Waals surface area contributed by atoms with Gasteiger partial charge in [0.2, 0.25) is 5.91 Å². The van der Waals surface area contributed by atoms with Gasteiger partial charge in [-0.25, -0.2) is 0 Å². The van der Waals surface area contributed by atoms with Crippen LogP contribution in [0.4, 0.5) is 5.69 Å². The van der Waals surface area contributed by atoms with Gasteiger partial charge in [-0.3, -0.25) is 4.79 Å². The van der Waals surface area contributed by atoms with Crippen LogP contribution < -0.4 is 5.32 Å². The molecule has 0 radical (unpaired) electrons. The first-order chi connectivity index (χ1) is 9.41. The van der Waals surface area contributed by atoms with Gasteiger partial charge in [0.05, 0.1) is 5.41 Å². The van der Waals surface area contributed by atoms with Crippen molar-refractivity contribution in [3.8, 4) is 0 Å². The van der Waals surface area contributed by atoms with Crippen molar-refractivity contribution in [2.75, 3.05) is 5.32 Å². The van der Waals surface area contributed by atoms with E-state index in [1.807, 2.05) is 63.2 Å². The first kappa shape index (κ1) is 14.6. The van der Waals surface area contributed by atoms with Crippen LogP contribution in [0.25, 0.3) is 0 Å². The van der Waals surface area contributed by atoms with Crippen LogP contribution in [0.1, 0.15) is 25.0 Å². The van der Waals surface area contributed by atoms with Gasteiger partial charge in [-0.2, -0.15) is 0 Å². The van der Waals surface area contributed by atoms with Crippen molar-refractivity contribution in [1.82, 2.24) is 0 Å².